The average Bonchev–Trinajstić information content (AvgIpc) is 2.75. The highest BCUT2D eigenvalue weighted by molar-refractivity contribution is 8.14. The number of H-pyrrole nitrogens is 1. The highest BCUT2D eigenvalue weighted by Gasteiger charge is 2.27. The Kier molecular flexibility index (Phi) is 2.40. The standard InChI is InChI=1S/C7H8N4O2S/c12-6(4-3-14-7(13)9-4)10-5-1-2-8-11-5/h1-2,4H,3H2,(H,9,13)(H2,8,10,11,12). The Morgan fingerprint density at radius 2 is 2.57 bits per heavy atom. The number of thioether (sulfide) groups is 1. The van der Waals surface area contributed by atoms with Crippen molar-refractivity contribution < 1.29 is 9.59 Å². The molecule has 2 amide bonds. The second-order valence-corrected chi connectivity index (χ2v) is 3.75. The Morgan fingerprint density at radius 1 is 1.71 bits per heavy atom. The molecule has 3 N–H and O–H groups in total. The number of carbonyl (C=O) groups excluding carboxylic acids is 2. The molecule has 1 saturated heterocycles. The zero-order valence-corrected chi connectivity index (χ0v) is 7.93. The molecular formula is C7H8N4O2S. The van der Waals surface area contributed by atoms with Gasteiger partial charge in [0.1, 0.15) is 11.9 Å². The number of rotatable bonds is 2. The second kappa shape index (κ2) is 3.70. The fraction of sp³-hybridized carbons (Fsp3) is 0.286. The second-order valence-electron chi connectivity index (χ2n) is 2.75. The third-order valence-corrected chi connectivity index (χ3v) is 2.63. The predicted octanol–water partition coefficient (Wildman–Crippen LogP) is 0.173. The van der Waals surface area contributed by atoms with E-state index in [4.69, 9.17) is 0 Å². The molecule has 0 radical (unpaired) electrons. The SMILES string of the molecule is O=C1NC(C(=O)Nc2ccn[nH]2)CS1. The Labute approximate surface area is 83.8 Å². The van der Waals surface area contributed by atoms with Crippen molar-refractivity contribution in [2.45, 2.75) is 6.04 Å². The van der Waals surface area contributed by atoms with E-state index in [9.17, 15) is 9.59 Å². The van der Waals surface area contributed by atoms with Crippen LogP contribution in [0.5, 0.6) is 0 Å². The summed E-state index contributed by atoms with van der Waals surface area (Å²) in [6.45, 7) is 0. The van der Waals surface area contributed by atoms with E-state index in [1.807, 2.05) is 0 Å². The van der Waals surface area contributed by atoms with E-state index in [0.29, 0.717) is 11.6 Å². The van der Waals surface area contributed by atoms with Crippen LogP contribution in [-0.4, -0.2) is 33.1 Å². The third kappa shape index (κ3) is 1.87. The van der Waals surface area contributed by atoms with Gasteiger partial charge in [0.2, 0.25) is 5.91 Å². The molecule has 7 heteroatoms. The molecule has 6 nitrogen and oxygen atoms in total. The zero-order chi connectivity index (χ0) is 9.97. The van der Waals surface area contributed by atoms with Gasteiger partial charge in [-0.25, -0.2) is 0 Å². The van der Waals surface area contributed by atoms with Crippen molar-refractivity contribution in [2.24, 2.45) is 0 Å². The highest BCUT2D eigenvalue weighted by Crippen LogP contribution is 2.14. The maximum atomic E-state index is 11.5. The smallest absolute Gasteiger partial charge is 0.279 e. The fourth-order valence-electron chi connectivity index (χ4n) is 1.07. The van der Waals surface area contributed by atoms with Gasteiger partial charge >= 0.3 is 0 Å². The summed E-state index contributed by atoms with van der Waals surface area (Å²) in [6.07, 6.45) is 1.54. The van der Waals surface area contributed by atoms with Gasteiger partial charge in [0.15, 0.2) is 0 Å². The van der Waals surface area contributed by atoms with Crippen molar-refractivity contribution in [1.29, 1.82) is 0 Å². The summed E-state index contributed by atoms with van der Waals surface area (Å²) in [7, 11) is 0. The summed E-state index contributed by atoms with van der Waals surface area (Å²) in [5, 5.41) is 11.3. The Balaban J connectivity index is 1.93. The lowest BCUT2D eigenvalue weighted by molar-refractivity contribution is -0.117. The predicted molar refractivity (Wildman–Crippen MR) is 52.0 cm³/mol. The molecule has 1 aromatic heterocycles. The van der Waals surface area contributed by atoms with Crippen LogP contribution in [0, 0.1) is 0 Å². The van der Waals surface area contributed by atoms with Crippen LogP contribution in [-0.2, 0) is 4.79 Å². The first kappa shape index (κ1) is 9.07. The van der Waals surface area contributed by atoms with Gasteiger partial charge in [0, 0.05) is 11.8 Å². The first-order chi connectivity index (χ1) is 6.75. The number of carbonyl (C=O) groups is 2. The fourth-order valence-corrected chi connectivity index (χ4v) is 1.85. The summed E-state index contributed by atoms with van der Waals surface area (Å²) in [5.74, 6) is 0.771. The monoisotopic (exact) mass is 212 g/mol. The van der Waals surface area contributed by atoms with Crippen LogP contribution in [0.1, 0.15) is 0 Å². The minimum Gasteiger partial charge on any atom is -0.334 e. The van der Waals surface area contributed by atoms with Crippen LogP contribution < -0.4 is 10.6 Å². The van der Waals surface area contributed by atoms with Crippen LogP contribution >= 0.6 is 11.8 Å². The lowest BCUT2D eigenvalue weighted by atomic mass is 10.3. The van der Waals surface area contributed by atoms with Crippen molar-refractivity contribution in [3.8, 4) is 0 Å². The molecule has 1 fully saturated rings. The molecule has 0 aliphatic carbocycles. The number of amides is 2. The summed E-state index contributed by atoms with van der Waals surface area (Å²) in [6, 6.07) is 1.19. The van der Waals surface area contributed by atoms with Gasteiger partial charge in [-0.1, -0.05) is 11.8 Å². The van der Waals surface area contributed by atoms with Crippen LogP contribution in [0.15, 0.2) is 12.3 Å². The molecule has 1 atom stereocenters. The molecule has 0 spiro atoms. The Bertz CT molecular complexity index is 351. The van der Waals surface area contributed by atoms with E-state index in [1.165, 1.54) is 6.20 Å². The summed E-state index contributed by atoms with van der Waals surface area (Å²) >= 11 is 1.11. The van der Waals surface area contributed by atoms with Crippen molar-refractivity contribution in [3.63, 3.8) is 0 Å². The van der Waals surface area contributed by atoms with E-state index in [1.54, 1.807) is 6.07 Å². The third-order valence-electron chi connectivity index (χ3n) is 1.75. The van der Waals surface area contributed by atoms with Gasteiger partial charge < -0.3 is 10.6 Å². The number of nitrogens with zero attached hydrogens (tertiary/aromatic N) is 1. The molecule has 2 rings (SSSR count). The van der Waals surface area contributed by atoms with Crippen molar-refractivity contribution in [3.05, 3.63) is 12.3 Å². The number of nitrogens with one attached hydrogen (secondary N) is 3. The average molecular weight is 212 g/mol. The first-order valence-electron chi connectivity index (χ1n) is 3.99. The van der Waals surface area contributed by atoms with Crippen LogP contribution in [0.4, 0.5) is 10.6 Å². The van der Waals surface area contributed by atoms with Crippen molar-refractivity contribution in [1.82, 2.24) is 15.5 Å². The van der Waals surface area contributed by atoms with E-state index in [-0.39, 0.29) is 11.1 Å². The molecule has 0 aromatic carbocycles. The molecule has 1 unspecified atom stereocenters. The van der Waals surface area contributed by atoms with E-state index < -0.39 is 6.04 Å². The molecule has 74 valence electrons. The molecule has 2 heterocycles. The van der Waals surface area contributed by atoms with Gasteiger partial charge in [-0.15, -0.1) is 0 Å². The summed E-state index contributed by atoms with van der Waals surface area (Å²) in [5.41, 5.74) is 0. The summed E-state index contributed by atoms with van der Waals surface area (Å²) in [4.78, 5) is 22.3. The molecular weight excluding hydrogens is 204 g/mol. The van der Waals surface area contributed by atoms with Gasteiger partial charge in [0.25, 0.3) is 5.24 Å². The van der Waals surface area contributed by atoms with Crippen LogP contribution in [0.2, 0.25) is 0 Å². The molecule has 14 heavy (non-hydrogen) atoms. The van der Waals surface area contributed by atoms with Gasteiger partial charge in [-0.3, -0.25) is 14.7 Å². The molecule has 1 aromatic rings. The zero-order valence-electron chi connectivity index (χ0n) is 7.11. The normalized spacial score (nSPS) is 20.6. The molecule has 1 aliphatic rings. The largest absolute Gasteiger partial charge is 0.334 e. The van der Waals surface area contributed by atoms with E-state index in [2.05, 4.69) is 20.8 Å². The van der Waals surface area contributed by atoms with Gasteiger partial charge in [-0.2, -0.15) is 5.10 Å². The summed E-state index contributed by atoms with van der Waals surface area (Å²) < 4.78 is 0. The van der Waals surface area contributed by atoms with Crippen molar-refractivity contribution >= 4 is 28.7 Å². The topological polar surface area (TPSA) is 86.9 Å². The van der Waals surface area contributed by atoms with E-state index in [0.717, 1.165) is 11.8 Å². The quantitative estimate of drug-likeness (QED) is 0.652. The number of hydrogen-bond donors (Lipinski definition) is 3. The maximum absolute atomic E-state index is 11.5. The number of hydrogen-bond acceptors (Lipinski definition) is 4. The number of aromatic nitrogens is 2. The minimum absolute atomic E-state index is 0.158. The highest BCUT2D eigenvalue weighted by atomic mass is 32.2. The lowest BCUT2D eigenvalue weighted by Gasteiger charge is -2.07. The molecule has 0 saturated carbocycles. The Morgan fingerprint density at radius 3 is 3.14 bits per heavy atom. The number of aromatic amines is 1. The van der Waals surface area contributed by atoms with Crippen molar-refractivity contribution in [2.75, 3.05) is 11.1 Å². The first-order valence-corrected chi connectivity index (χ1v) is 4.98. The minimum atomic E-state index is -0.448. The number of anilines is 1. The van der Waals surface area contributed by atoms with E-state index >= 15 is 0 Å². The molecule has 0 bridgehead atoms. The maximum Gasteiger partial charge on any atom is 0.279 e. The lowest BCUT2D eigenvalue weighted by Crippen LogP contribution is -2.38. The Hall–Kier alpha value is -1.50. The van der Waals surface area contributed by atoms with Gasteiger partial charge in [-0.05, 0) is 0 Å². The molecule has 1 aliphatic heterocycles. The van der Waals surface area contributed by atoms with Crippen LogP contribution in [0.25, 0.3) is 0 Å². The van der Waals surface area contributed by atoms with Gasteiger partial charge in [0.05, 0.1) is 6.20 Å². The van der Waals surface area contributed by atoms with Crippen LogP contribution in [0.3, 0.4) is 0 Å².